The summed E-state index contributed by atoms with van der Waals surface area (Å²) in [7, 11) is 0. The van der Waals surface area contributed by atoms with Crippen molar-refractivity contribution in [1.29, 1.82) is 5.26 Å². The molecule has 1 N–H and O–H groups in total. The van der Waals surface area contributed by atoms with Crippen molar-refractivity contribution in [3.8, 4) is 11.8 Å². The van der Waals surface area contributed by atoms with E-state index in [0.717, 1.165) is 0 Å². The molecule has 5 nitrogen and oxygen atoms in total. The number of ether oxygens (including phenoxy) is 1. The number of ketones is 1. The predicted octanol–water partition coefficient (Wildman–Crippen LogP) is 4.33. The minimum absolute atomic E-state index is 0.233. The van der Waals surface area contributed by atoms with E-state index in [1.165, 1.54) is 24.3 Å². The molecule has 3 rings (SSSR count). The summed E-state index contributed by atoms with van der Waals surface area (Å²) in [6.45, 7) is 1.61. The smallest absolute Gasteiger partial charge is 0.265 e. The van der Waals surface area contributed by atoms with Crippen LogP contribution in [0.1, 0.15) is 28.4 Å². The number of nitrogens with one attached hydrogen (secondary N) is 1. The molecule has 0 aliphatic rings. The van der Waals surface area contributed by atoms with Gasteiger partial charge in [0.05, 0.1) is 11.6 Å². The van der Waals surface area contributed by atoms with E-state index in [1.54, 1.807) is 55.5 Å². The van der Waals surface area contributed by atoms with Crippen molar-refractivity contribution in [1.82, 2.24) is 0 Å². The number of carbonyl (C=O) groups excluding carboxylic acids is 2. The highest BCUT2D eigenvalue weighted by atomic mass is 19.1. The van der Waals surface area contributed by atoms with Crippen molar-refractivity contribution in [2.24, 2.45) is 0 Å². The largest absolute Gasteiger partial charge is 0.481 e. The van der Waals surface area contributed by atoms with Gasteiger partial charge in [0.1, 0.15) is 11.6 Å². The van der Waals surface area contributed by atoms with Crippen molar-refractivity contribution in [3.63, 3.8) is 0 Å². The lowest BCUT2D eigenvalue weighted by Crippen LogP contribution is -2.30. The summed E-state index contributed by atoms with van der Waals surface area (Å²) in [5.41, 5.74) is 1.88. The highest BCUT2D eigenvalue weighted by molar-refractivity contribution is 6.09. The minimum Gasteiger partial charge on any atom is -0.481 e. The van der Waals surface area contributed by atoms with Crippen molar-refractivity contribution in [3.05, 3.63) is 95.3 Å². The van der Waals surface area contributed by atoms with Crippen molar-refractivity contribution in [2.75, 3.05) is 5.32 Å². The number of rotatable bonds is 6. The van der Waals surface area contributed by atoms with Gasteiger partial charge >= 0.3 is 0 Å². The van der Waals surface area contributed by atoms with E-state index in [0.29, 0.717) is 28.1 Å². The molecule has 0 spiro atoms. The van der Waals surface area contributed by atoms with Gasteiger partial charge in [-0.1, -0.05) is 0 Å². The molecular formula is C23H17FN2O3. The first-order valence-corrected chi connectivity index (χ1v) is 8.84. The van der Waals surface area contributed by atoms with Crippen LogP contribution in [0.3, 0.4) is 0 Å². The zero-order valence-corrected chi connectivity index (χ0v) is 15.6. The average Bonchev–Trinajstić information content (AvgIpc) is 2.75. The maximum atomic E-state index is 13.0. The number of hydrogen-bond donors (Lipinski definition) is 1. The number of anilines is 1. The number of nitrogens with zero attached hydrogens (tertiary/aromatic N) is 1. The standard InChI is InChI=1S/C23H17FN2O3/c1-15(23(28)26-20-10-2-16(14-25)3-11-20)29-21-12-6-18(7-13-21)22(27)17-4-8-19(24)9-5-17/h2-13,15H,1H3,(H,26,28)/t15-/m1/s1. The third kappa shape index (κ3) is 5.05. The first-order valence-electron chi connectivity index (χ1n) is 8.84. The normalized spacial score (nSPS) is 11.2. The van der Waals surface area contributed by atoms with E-state index >= 15 is 0 Å². The Morgan fingerprint density at radius 1 is 0.931 bits per heavy atom. The zero-order chi connectivity index (χ0) is 20.8. The molecule has 1 amide bonds. The lowest BCUT2D eigenvalue weighted by atomic mass is 10.0. The van der Waals surface area contributed by atoms with Crippen molar-refractivity contribution in [2.45, 2.75) is 13.0 Å². The molecule has 0 radical (unpaired) electrons. The first-order chi connectivity index (χ1) is 14.0. The first kappa shape index (κ1) is 19.8. The van der Waals surface area contributed by atoms with Gasteiger partial charge in [0.15, 0.2) is 11.9 Å². The molecule has 144 valence electrons. The van der Waals surface area contributed by atoms with Crippen LogP contribution in [0.4, 0.5) is 10.1 Å². The second kappa shape index (κ2) is 8.81. The highest BCUT2D eigenvalue weighted by Crippen LogP contribution is 2.18. The van der Waals surface area contributed by atoms with Crippen LogP contribution in [0.25, 0.3) is 0 Å². The van der Waals surface area contributed by atoms with Gasteiger partial charge in [0.2, 0.25) is 0 Å². The molecule has 0 fully saturated rings. The highest BCUT2D eigenvalue weighted by Gasteiger charge is 2.16. The molecule has 1 atom stereocenters. The van der Waals surface area contributed by atoms with Crippen LogP contribution in [0, 0.1) is 17.1 Å². The Labute approximate surface area is 167 Å². The molecule has 0 heterocycles. The second-order valence-corrected chi connectivity index (χ2v) is 6.30. The number of halogens is 1. The Morgan fingerprint density at radius 3 is 2.03 bits per heavy atom. The number of nitriles is 1. The predicted molar refractivity (Wildman–Crippen MR) is 106 cm³/mol. The summed E-state index contributed by atoms with van der Waals surface area (Å²) in [4.78, 5) is 24.7. The lowest BCUT2D eigenvalue weighted by Gasteiger charge is -2.15. The average molecular weight is 388 g/mol. The summed E-state index contributed by atoms with van der Waals surface area (Å²) in [5.74, 6) is -0.550. The molecule has 0 aromatic heterocycles. The van der Waals surface area contributed by atoms with E-state index in [9.17, 15) is 14.0 Å². The lowest BCUT2D eigenvalue weighted by molar-refractivity contribution is -0.122. The second-order valence-electron chi connectivity index (χ2n) is 6.30. The van der Waals surface area contributed by atoms with Gasteiger partial charge in [0, 0.05) is 16.8 Å². The Bertz CT molecular complexity index is 1050. The van der Waals surface area contributed by atoms with Gasteiger partial charge in [-0.05, 0) is 79.7 Å². The fourth-order valence-electron chi connectivity index (χ4n) is 2.58. The molecule has 29 heavy (non-hydrogen) atoms. The number of amides is 1. The van der Waals surface area contributed by atoms with Crippen LogP contribution in [-0.4, -0.2) is 17.8 Å². The maximum absolute atomic E-state index is 13.0. The molecular weight excluding hydrogens is 371 g/mol. The Hall–Kier alpha value is -3.98. The number of carbonyl (C=O) groups is 2. The number of benzene rings is 3. The third-order valence-electron chi connectivity index (χ3n) is 4.19. The fraction of sp³-hybridized carbons (Fsp3) is 0.0870. The molecule has 0 aliphatic carbocycles. The van der Waals surface area contributed by atoms with Gasteiger partial charge in [-0.3, -0.25) is 9.59 Å². The monoisotopic (exact) mass is 388 g/mol. The van der Waals surface area contributed by atoms with Gasteiger partial charge in [-0.25, -0.2) is 4.39 Å². The molecule has 0 aliphatic heterocycles. The van der Waals surface area contributed by atoms with Crippen LogP contribution >= 0.6 is 0 Å². The Kier molecular flexibility index (Phi) is 6.00. The summed E-state index contributed by atoms with van der Waals surface area (Å²) in [6.07, 6.45) is -0.774. The maximum Gasteiger partial charge on any atom is 0.265 e. The topological polar surface area (TPSA) is 79.2 Å². The van der Waals surface area contributed by atoms with Crippen LogP contribution in [-0.2, 0) is 4.79 Å². The Morgan fingerprint density at radius 2 is 1.48 bits per heavy atom. The van der Waals surface area contributed by atoms with Crippen LogP contribution < -0.4 is 10.1 Å². The molecule has 6 heteroatoms. The minimum atomic E-state index is -0.774. The molecule has 3 aromatic carbocycles. The Balaban J connectivity index is 1.60. The number of hydrogen-bond acceptors (Lipinski definition) is 4. The van der Waals surface area contributed by atoms with E-state index in [4.69, 9.17) is 10.00 Å². The molecule has 0 saturated carbocycles. The van der Waals surface area contributed by atoms with E-state index < -0.39 is 11.9 Å². The third-order valence-corrected chi connectivity index (χ3v) is 4.19. The van der Waals surface area contributed by atoms with Gasteiger partial charge in [0.25, 0.3) is 5.91 Å². The summed E-state index contributed by atoms with van der Waals surface area (Å²) < 4.78 is 18.6. The van der Waals surface area contributed by atoms with Crippen LogP contribution in [0.2, 0.25) is 0 Å². The molecule has 0 saturated heterocycles. The summed E-state index contributed by atoms with van der Waals surface area (Å²) in [5, 5.41) is 11.5. The van der Waals surface area contributed by atoms with Crippen LogP contribution in [0.5, 0.6) is 5.75 Å². The summed E-state index contributed by atoms with van der Waals surface area (Å²) in [6, 6.07) is 20.2. The SMILES string of the molecule is C[C@@H](Oc1ccc(C(=O)c2ccc(F)cc2)cc1)C(=O)Nc1ccc(C#N)cc1. The molecule has 0 unspecified atom stereocenters. The van der Waals surface area contributed by atoms with Crippen molar-refractivity contribution < 1.29 is 18.7 Å². The quantitative estimate of drug-likeness (QED) is 0.638. The summed E-state index contributed by atoms with van der Waals surface area (Å²) >= 11 is 0. The van der Waals surface area contributed by atoms with Crippen molar-refractivity contribution >= 4 is 17.4 Å². The molecule has 0 bridgehead atoms. The van der Waals surface area contributed by atoms with E-state index in [1.807, 2.05) is 6.07 Å². The van der Waals surface area contributed by atoms with Gasteiger partial charge < -0.3 is 10.1 Å². The van der Waals surface area contributed by atoms with Gasteiger partial charge in [-0.15, -0.1) is 0 Å². The fourth-order valence-corrected chi connectivity index (χ4v) is 2.58. The molecule has 3 aromatic rings. The van der Waals surface area contributed by atoms with E-state index in [-0.39, 0.29) is 11.7 Å². The van der Waals surface area contributed by atoms with Gasteiger partial charge in [-0.2, -0.15) is 5.26 Å². The zero-order valence-electron chi connectivity index (χ0n) is 15.6. The van der Waals surface area contributed by atoms with E-state index in [2.05, 4.69) is 5.32 Å². The van der Waals surface area contributed by atoms with Crippen LogP contribution in [0.15, 0.2) is 72.8 Å².